The van der Waals surface area contributed by atoms with Crippen molar-refractivity contribution in [2.45, 2.75) is 5.16 Å². The molecule has 0 saturated heterocycles. The number of nitrogens with zero attached hydrogens (tertiary/aromatic N) is 3. The highest BCUT2D eigenvalue weighted by molar-refractivity contribution is 7.99. The second-order valence-corrected chi connectivity index (χ2v) is 8.17. The van der Waals surface area contributed by atoms with Crippen molar-refractivity contribution in [2.75, 3.05) is 11.1 Å². The number of anilines is 1. The van der Waals surface area contributed by atoms with Crippen LogP contribution in [0.2, 0.25) is 0 Å². The van der Waals surface area contributed by atoms with Crippen LogP contribution in [0.1, 0.15) is 20.7 Å². The van der Waals surface area contributed by atoms with Gasteiger partial charge in [0.15, 0.2) is 11.0 Å². The molecule has 3 amide bonds. The standard InChI is InChI=1S/C24H17N5O3S/c30-20(25-16-11-12-18-19(13-16)23(32)26-22(18)31)14-33-24-28-27-21(15-7-3-1-4-8-15)29(24)17-9-5-2-6-10-17/h1-13H,14H2,(H,25,30)(H,26,31,32). The number of para-hydroxylation sites is 1. The first-order valence-electron chi connectivity index (χ1n) is 10.1. The minimum absolute atomic E-state index is 0.0853. The molecule has 0 saturated carbocycles. The molecule has 0 atom stereocenters. The Balaban J connectivity index is 1.35. The summed E-state index contributed by atoms with van der Waals surface area (Å²) < 4.78 is 1.92. The van der Waals surface area contributed by atoms with Gasteiger partial charge in [-0.1, -0.05) is 60.3 Å². The van der Waals surface area contributed by atoms with Gasteiger partial charge in [-0.25, -0.2) is 0 Å². The molecule has 0 radical (unpaired) electrons. The molecular formula is C24H17N5O3S. The van der Waals surface area contributed by atoms with Gasteiger partial charge in [-0.3, -0.25) is 24.3 Å². The van der Waals surface area contributed by atoms with Crippen molar-refractivity contribution in [2.24, 2.45) is 0 Å². The van der Waals surface area contributed by atoms with Crippen LogP contribution < -0.4 is 10.6 Å². The molecule has 5 rings (SSSR count). The van der Waals surface area contributed by atoms with Crippen molar-refractivity contribution >= 4 is 35.2 Å². The van der Waals surface area contributed by atoms with Crippen LogP contribution in [0.5, 0.6) is 0 Å². The summed E-state index contributed by atoms with van der Waals surface area (Å²) in [5, 5.41) is 14.3. The third-order valence-electron chi connectivity index (χ3n) is 5.03. The van der Waals surface area contributed by atoms with Gasteiger partial charge in [0.2, 0.25) is 5.91 Å². The summed E-state index contributed by atoms with van der Waals surface area (Å²) in [4.78, 5) is 36.1. The Hall–Kier alpha value is -4.24. The van der Waals surface area contributed by atoms with Gasteiger partial charge in [-0.05, 0) is 30.3 Å². The Morgan fingerprint density at radius 2 is 1.58 bits per heavy atom. The molecule has 0 bridgehead atoms. The van der Waals surface area contributed by atoms with Crippen LogP contribution in [0.4, 0.5) is 5.69 Å². The van der Waals surface area contributed by atoms with Crippen LogP contribution in [0.3, 0.4) is 0 Å². The zero-order valence-corrected chi connectivity index (χ0v) is 18.0. The predicted molar refractivity (Wildman–Crippen MR) is 124 cm³/mol. The Morgan fingerprint density at radius 3 is 2.33 bits per heavy atom. The number of imide groups is 1. The fourth-order valence-electron chi connectivity index (χ4n) is 3.52. The zero-order valence-electron chi connectivity index (χ0n) is 17.2. The SMILES string of the molecule is O=C(CSc1nnc(-c2ccccc2)n1-c1ccccc1)Nc1ccc2c(c1)C(=O)NC2=O. The lowest BCUT2D eigenvalue weighted by Gasteiger charge is -2.10. The van der Waals surface area contributed by atoms with Crippen LogP contribution in [-0.4, -0.2) is 38.2 Å². The molecule has 1 aliphatic heterocycles. The van der Waals surface area contributed by atoms with Crippen LogP contribution in [0, 0.1) is 0 Å². The van der Waals surface area contributed by atoms with E-state index >= 15 is 0 Å². The number of aromatic nitrogens is 3. The van der Waals surface area contributed by atoms with Gasteiger partial charge in [-0.2, -0.15) is 0 Å². The summed E-state index contributed by atoms with van der Waals surface area (Å²) in [6.45, 7) is 0. The molecule has 0 spiro atoms. The zero-order chi connectivity index (χ0) is 22.8. The molecule has 162 valence electrons. The number of rotatable bonds is 6. The maximum atomic E-state index is 12.6. The van der Waals surface area contributed by atoms with Crippen LogP contribution >= 0.6 is 11.8 Å². The van der Waals surface area contributed by atoms with Crippen molar-refractivity contribution in [3.63, 3.8) is 0 Å². The molecule has 4 aromatic rings. The van der Waals surface area contributed by atoms with Crippen molar-refractivity contribution in [3.05, 3.63) is 90.0 Å². The third-order valence-corrected chi connectivity index (χ3v) is 5.96. The molecule has 1 aromatic heterocycles. The Bertz CT molecular complexity index is 1370. The fraction of sp³-hybridized carbons (Fsp3) is 0.0417. The first kappa shape index (κ1) is 20.7. The second kappa shape index (κ2) is 8.71. The number of amides is 3. The van der Waals surface area contributed by atoms with Gasteiger partial charge >= 0.3 is 0 Å². The molecule has 1 aliphatic rings. The molecule has 2 N–H and O–H groups in total. The largest absolute Gasteiger partial charge is 0.325 e. The highest BCUT2D eigenvalue weighted by Gasteiger charge is 2.27. The van der Waals surface area contributed by atoms with Gasteiger partial charge in [0, 0.05) is 16.9 Å². The van der Waals surface area contributed by atoms with Crippen LogP contribution in [-0.2, 0) is 4.79 Å². The van der Waals surface area contributed by atoms with Gasteiger partial charge in [-0.15, -0.1) is 10.2 Å². The van der Waals surface area contributed by atoms with Crippen molar-refractivity contribution in [1.29, 1.82) is 0 Å². The lowest BCUT2D eigenvalue weighted by molar-refractivity contribution is -0.113. The highest BCUT2D eigenvalue weighted by atomic mass is 32.2. The van der Waals surface area contributed by atoms with E-state index in [1.165, 1.54) is 23.9 Å². The number of benzene rings is 3. The van der Waals surface area contributed by atoms with E-state index in [-0.39, 0.29) is 17.2 Å². The topological polar surface area (TPSA) is 106 Å². The average molecular weight is 455 g/mol. The number of hydrogen-bond donors (Lipinski definition) is 2. The summed E-state index contributed by atoms with van der Waals surface area (Å²) in [5.41, 5.74) is 2.80. The van der Waals surface area contributed by atoms with Crippen molar-refractivity contribution < 1.29 is 14.4 Å². The summed E-state index contributed by atoms with van der Waals surface area (Å²) in [6.07, 6.45) is 0. The van der Waals surface area contributed by atoms with Gasteiger partial charge < -0.3 is 5.32 Å². The number of fused-ring (bicyclic) bond motifs is 1. The Morgan fingerprint density at radius 1 is 0.879 bits per heavy atom. The van der Waals surface area contributed by atoms with E-state index in [2.05, 4.69) is 20.8 Å². The smallest absolute Gasteiger partial charge is 0.259 e. The Kier molecular flexibility index (Phi) is 5.45. The lowest BCUT2D eigenvalue weighted by Crippen LogP contribution is -2.19. The summed E-state index contributed by atoms with van der Waals surface area (Å²) >= 11 is 1.26. The summed E-state index contributed by atoms with van der Waals surface area (Å²) in [5.74, 6) is -0.405. The van der Waals surface area contributed by atoms with Crippen molar-refractivity contribution in [3.8, 4) is 17.1 Å². The lowest BCUT2D eigenvalue weighted by atomic mass is 10.1. The third kappa shape index (κ3) is 4.13. The van der Waals surface area contributed by atoms with Gasteiger partial charge in [0.05, 0.1) is 16.9 Å². The molecule has 9 heteroatoms. The number of nitrogens with one attached hydrogen (secondary N) is 2. The number of carbonyl (C=O) groups is 3. The molecule has 0 aliphatic carbocycles. The summed E-state index contributed by atoms with van der Waals surface area (Å²) in [7, 11) is 0. The highest BCUT2D eigenvalue weighted by Crippen LogP contribution is 2.28. The predicted octanol–water partition coefficient (Wildman–Crippen LogP) is 3.55. The molecule has 0 fully saturated rings. The van der Waals surface area contributed by atoms with Crippen LogP contribution in [0.25, 0.3) is 17.1 Å². The summed E-state index contributed by atoms with van der Waals surface area (Å²) in [6, 6.07) is 24.0. The van der Waals surface area contributed by atoms with Gasteiger partial charge in [0.25, 0.3) is 11.8 Å². The number of thioether (sulfide) groups is 1. The molecule has 33 heavy (non-hydrogen) atoms. The van der Waals surface area contributed by atoms with Crippen LogP contribution in [0.15, 0.2) is 84.0 Å². The quantitative estimate of drug-likeness (QED) is 0.340. The second-order valence-electron chi connectivity index (χ2n) is 7.22. The molecule has 2 heterocycles. The minimum Gasteiger partial charge on any atom is -0.325 e. The fourth-order valence-corrected chi connectivity index (χ4v) is 4.27. The Labute approximate surface area is 193 Å². The monoisotopic (exact) mass is 455 g/mol. The first-order chi connectivity index (χ1) is 16.1. The number of carbonyl (C=O) groups excluding carboxylic acids is 3. The van der Waals surface area contributed by atoms with E-state index < -0.39 is 11.8 Å². The van der Waals surface area contributed by atoms with E-state index in [1.54, 1.807) is 6.07 Å². The van der Waals surface area contributed by atoms with E-state index in [0.717, 1.165) is 11.3 Å². The molecule has 3 aromatic carbocycles. The minimum atomic E-state index is -0.468. The molecular weight excluding hydrogens is 438 g/mol. The molecule has 0 unspecified atom stereocenters. The maximum absolute atomic E-state index is 12.6. The first-order valence-corrected chi connectivity index (χ1v) is 11.1. The van der Waals surface area contributed by atoms with E-state index in [9.17, 15) is 14.4 Å². The van der Waals surface area contributed by atoms with Gasteiger partial charge in [0.1, 0.15) is 0 Å². The normalized spacial score (nSPS) is 12.4. The van der Waals surface area contributed by atoms with E-state index in [4.69, 9.17) is 0 Å². The van der Waals surface area contributed by atoms with E-state index in [1.807, 2.05) is 65.2 Å². The maximum Gasteiger partial charge on any atom is 0.259 e. The van der Waals surface area contributed by atoms with E-state index in [0.29, 0.717) is 22.2 Å². The average Bonchev–Trinajstić information content (AvgIpc) is 3.39. The van der Waals surface area contributed by atoms with Crippen molar-refractivity contribution in [1.82, 2.24) is 20.1 Å². The number of hydrogen-bond acceptors (Lipinski definition) is 6. The molecule has 8 nitrogen and oxygen atoms in total.